The van der Waals surface area contributed by atoms with E-state index >= 15 is 0 Å². The van der Waals surface area contributed by atoms with E-state index in [1.54, 1.807) is 30.3 Å². The lowest BCUT2D eigenvalue weighted by atomic mass is 9.83. The first-order chi connectivity index (χ1) is 18.4. The maximum absolute atomic E-state index is 12.6. The molecule has 7 heteroatoms. The second-order valence-corrected chi connectivity index (χ2v) is 9.30. The smallest absolute Gasteiger partial charge is 0.343 e. The number of carbonyl (C=O) groups excluding carboxylic acids is 1. The molecule has 0 bridgehead atoms. The Hall–Kier alpha value is -4.73. The van der Waals surface area contributed by atoms with Crippen molar-refractivity contribution in [3.8, 4) is 23.3 Å². The number of carbonyl (C=O) groups is 1. The van der Waals surface area contributed by atoms with Crippen molar-refractivity contribution in [2.75, 3.05) is 0 Å². The van der Waals surface area contributed by atoms with E-state index in [4.69, 9.17) is 31.5 Å². The van der Waals surface area contributed by atoms with Crippen LogP contribution in [0.1, 0.15) is 38.5 Å². The van der Waals surface area contributed by atoms with Crippen LogP contribution in [0, 0.1) is 18.3 Å². The van der Waals surface area contributed by atoms with Gasteiger partial charge in [-0.2, -0.15) is 5.26 Å². The summed E-state index contributed by atoms with van der Waals surface area (Å²) >= 11 is 5.97. The Morgan fingerprint density at radius 2 is 1.76 bits per heavy atom. The summed E-state index contributed by atoms with van der Waals surface area (Å²) < 4.78 is 17.3. The fraction of sp³-hybridized carbons (Fsp3) is 0.0968. The molecule has 4 aromatic carbocycles. The van der Waals surface area contributed by atoms with Gasteiger partial charge >= 0.3 is 5.97 Å². The Balaban J connectivity index is 1.41. The minimum atomic E-state index is -0.482. The van der Waals surface area contributed by atoms with Crippen LogP contribution in [0.25, 0.3) is 0 Å². The van der Waals surface area contributed by atoms with Crippen molar-refractivity contribution in [1.82, 2.24) is 0 Å². The number of ether oxygens (including phenoxy) is 3. The summed E-state index contributed by atoms with van der Waals surface area (Å²) in [7, 11) is 0. The zero-order chi connectivity index (χ0) is 26.6. The fourth-order valence-electron chi connectivity index (χ4n) is 4.23. The number of nitriles is 1. The molecule has 0 fully saturated rings. The summed E-state index contributed by atoms with van der Waals surface area (Å²) in [5.74, 6) is 0.396. The van der Waals surface area contributed by atoms with Gasteiger partial charge in [-0.1, -0.05) is 59.6 Å². The molecule has 1 aliphatic heterocycles. The molecular formula is C31H23ClN2O4. The minimum Gasteiger partial charge on any atom is -0.489 e. The van der Waals surface area contributed by atoms with Crippen molar-refractivity contribution in [2.45, 2.75) is 19.4 Å². The molecule has 0 saturated carbocycles. The Kier molecular flexibility index (Phi) is 7.03. The van der Waals surface area contributed by atoms with Crippen LogP contribution >= 0.6 is 11.6 Å². The number of halogens is 1. The van der Waals surface area contributed by atoms with Gasteiger partial charge in [0.15, 0.2) is 0 Å². The molecular weight excluding hydrogens is 500 g/mol. The second kappa shape index (κ2) is 10.7. The molecule has 1 unspecified atom stereocenters. The van der Waals surface area contributed by atoms with Gasteiger partial charge < -0.3 is 19.9 Å². The van der Waals surface area contributed by atoms with E-state index in [0.29, 0.717) is 34.4 Å². The summed E-state index contributed by atoms with van der Waals surface area (Å²) in [6, 6.07) is 29.3. The minimum absolute atomic E-state index is 0.000466. The Bertz CT molecular complexity index is 1570. The van der Waals surface area contributed by atoms with Gasteiger partial charge in [-0.05, 0) is 60.5 Å². The molecule has 0 amide bonds. The maximum atomic E-state index is 12.6. The molecule has 1 aliphatic rings. The van der Waals surface area contributed by atoms with Crippen LogP contribution < -0.4 is 19.9 Å². The highest BCUT2D eigenvalue weighted by molar-refractivity contribution is 6.30. The van der Waals surface area contributed by atoms with Gasteiger partial charge in [0.05, 0.1) is 11.5 Å². The Morgan fingerprint density at radius 3 is 2.50 bits per heavy atom. The van der Waals surface area contributed by atoms with E-state index in [-0.39, 0.29) is 11.5 Å². The first-order valence-corrected chi connectivity index (χ1v) is 12.3. The largest absolute Gasteiger partial charge is 0.489 e. The van der Waals surface area contributed by atoms with Crippen LogP contribution in [0.5, 0.6) is 17.2 Å². The highest BCUT2D eigenvalue weighted by Crippen LogP contribution is 2.44. The fourth-order valence-corrected chi connectivity index (χ4v) is 4.35. The number of benzene rings is 4. The molecule has 2 N–H and O–H groups in total. The van der Waals surface area contributed by atoms with Crippen molar-refractivity contribution in [3.63, 3.8) is 0 Å². The zero-order valence-electron chi connectivity index (χ0n) is 20.5. The molecule has 0 spiro atoms. The third-order valence-corrected chi connectivity index (χ3v) is 6.45. The van der Waals surface area contributed by atoms with Crippen LogP contribution in [0.3, 0.4) is 0 Å². The van der Waals surface area contributed by atoms with Gasteiger partial charge in [0.25, 0.3) is 0 Å². The van der Waals surface area contributed by atoms with E-state index in [9.17, 15) is 10.1 Å². The Morgan fingerprint density at radius 1 is 1.00 bits per heavy atom. The predicted octanol–water partition coefficient (Wildman–Crippen LogP) is 6.66. The quantitative estimate of drug-likeness (QED) is 0.224. The normalized spacial score (nSPS) is 14.2. The molecule has 0 radical (unpaired) electrons. The topological polar surface area (TPSA) is 94.6 Å². The van der Waals surface area contributed by atoms with Crippen LogP contribution in [-0.2, 0) is 6.61 Å². The lowest BCUT2D eigenvalue weighted by molar-refractivity contribution is 0.0734. The van der Waals surface area contributed by atoms with Gasteiger partial charge in [-0.3, -0.25) is 0 Å². The van der Waals surface area contributed by atoms with E-state index in [0.717, 1.165) is 22.3 Å². The first-order valence-electron chi connectivity index (χ1n) is 11.9. The number of nitrogens with zero attached hydrogens (tertiary/aromatic N) is 1. The third kappa shape index (κ3) is 5.34. The summed E-state index contributed by atoms with van der Waals surface area (Å²) in [4.78, 5) is 12.6. The monoisotopic (exact) mass is 522 g/mol. The van der Waals surface area contributed by atoms with Gasteiger partial charge in [-0.25, -0.2) is 4.79 Å². The van der Waals surface area contributed by atoms with Crippen LogP contribution in [0.15, 0.2) is 102 Å². The van der Waals surface area contributed by atoms with Crippen molar-refractivity contribution in [1.29, 1.82) is 5.26 Å². The molecule has 0 aliphatic carbocycles. The Labute approximate surface area is 225 Å². The predicted molar refractivity (Wildman–Crippen MR) is 144 cm³/mol. The summed E-state index contributed by atoms with van der Waals surface area (Å²) in [5.41, 5.74) is 10.4. The van der Waals surface area contributed by atoms with Gasteiger partial charge in [0.1, 0.15) is 35.5 Å². The number of aryl methyl sites for hydroxylation is 1. The van der Waals surface area contributed by atoms with Gasteiger partial charge in [-0.15, -0.1) is 0 Å². The number of allylic oxidation sites excluding steroid dienone is 1. The van der Waals surface area contributed by atoms with E-state index in [1.807, 2.05) is 67.6 Å². The number of rotatable bonds is 6. The number of hydrogen-bond donors (Lipinski definition) is 1. The summed E-state index contributed by atoms with van der Waals surface area (Å²) in [5, 5.41) is 10.6. The number of hydrogen-bond acceptors (Lipinski definition) is 6. The lowest BCUT2D eigenvalue weighted by Crippen LogP contribution is -2.21. The number of fused-ring (bicyclic) bond motifs is 1. The SMILES string of the molecule is Cc1ccc(C(=O)Oc2ccc3c(c2)OC(N)=C(C#N)C3c2cccc(OCc3ccc(Cl)cc3)c2)cc1. The molecule has 6 nitrogen and oxygen atoms in total. The molecule has 1 atom stereocenters. The van der Waals surface area contributed by atoms with Crippen molar-refractivity contribution in [2.24, 2.45) is 5.73 Å². The zero-order valence-corrected chi connectivity index (χ0v) is 21.2. The molecule has 1 heterocycles. The molecule has 0 saturated heterocycles. The highest BCUT2D eigenvalue weighted by Gasteiger charge is 2.31. The molecule has 0 aromatic heterocycles. The van der Waals surface area contributed by atoms with Gasteiger partial charge in [0.2, 0.25) is 5.88 Å². The van der Waals surface area contributed by atoms with Crippen molar-refractivity contribution in [3.05, 3.63) is 135 Å². The van der Waals surface area contributed by atoms with Gasteiger partial charge in [0, 0.05) is 16.7 Å². The molecule has 5 rings (SSSR count). The average molecular weight is 523 g/mol. The summed E-state index contributed by atoms with van der Waals surface area (Å²) in [6.45, 7) is 2.31. The molecule has 4 aromatic rings. The number of nitrogens with two attached hydrogens (primary N) is 1. The van der Waals surface area contributed by atoms with Crippen molar-refractivity contribution < 1.29 is 19.0 Å². The summed E-state index contributed by atoms with van der Waals surface area (Å²) in [6.07, 6.45) is 0. The standard InChI is InChI=1S/C31H23ClN2O4/c1-19-5-9-21(10-6-19)31(35)37-25-13-14-26-28(16-25)38-30(34)27(17-33)29(26)22-3-2-4-24(15-22)36-18-20-7-11-23(32)12-8-20/h2-16,29H,18,34H2,1H3. The average Bonchev–Trinajstić information content (AvgIpc) is 2.92. The van der Waals surface area contributed by atoms with Crippen molar-refractivity contribution >= 4 is 17.6 Å². The van der Waals surface area contributed by atoms with E-state index < -0.39 is 11.9 Å². The third-order valence-electron chi connectivity index (χ3n) is 6.20. The maximum Gasteiger partial charge on any atom is 0.343 e. The van der Waals surface area contributed by atoms with Crippen LogP contribution in [0.4, 0.5) is 0 Å². The molecule has 38 heavy (non-hydrogen) atoms. The first kappa shape index (κ1) is 24.9. The molecule has 188 valence electrons. The number of esters is 1. The highest BCUT2D eigenvalue weighted by atomic mass is 35.5. The van der Waals surface area contributed by atoms with E-state index in [1.165, 1.54) is 0 Å². The lowest BCUT2D eigenvalue weighted by Gasteiger charge is -2.27. The van der Waals surface area contributed by atoms with Crippen LogP contribution in [-0.4, -0.2) is 5.97 Å². The van der Waals surface area contributed by atoms with Crippen LogP contribution in [0.2, 0.25) is 5.02 Å². The van der Waals surface area contributed by atoms with E-state index in [2.05, 4.69) is 6.07 Å². The second-order valence-electron chi connectivity index (χ2n) is 8.87.